The van der Waals surface area contributed by atoms with Crippen molar-refractivity contribution in [1.29, 1.82) is 0 Å². The molecule has 0 radical (unpaired) electrons. The van der Waals surface area contributed by atoms with E-state index in [4.69, 9.17) is 0 Å². The predicted octanol–water partition coefficient (Wildman–Crippen LogP) is 3.81. The van der Waals surface area contributed by atoms with Crippen LogP contribution in [0.4, 0.5) is 17.6 Å². The van der Waals surface area contributed by atoms with Crippen molar-refractivity contribution in [2.45, 2.75) is 44.9 Å². The minimum absolute atomic E-state index is 0.150. The SMILES string of the molecule is CCCCN(Cc1ccc(F)cc1C(F)(F)F)C1CCNC1. The summed E-state index contributed by atoms with van der Waals surface area (Å²) in [4.78, 5) is 2.09. The lowest BCUT2D eigenvalue weighted by Crippen LogP contribution is -2.37. The summed E-state index contributed by atoms with van der Waals surface area (Å²) in [7, 11) is 0. The molecule has 1 saturated heterocycles. The third-order valence-corrected chi connectivity index (χ3v) is 4.10. The van der Waals surface area contributed by atoms with Crippen molar-refractivity contribution >= 4 is 0 Å². The van der Waals surface area contributed by atoms with E-state index >= 15 is 0 Å². The molecular formula is C16H22F4N2. The molecule has 0 spiro atoms. The normalized spacial score (nSPS) is 19.1. The zero-order valence-electron chi connectivity index (χ0n) is 12.7. The van der Waals surface area contributed by atoms with Gasteiger partial charge in [0.05, 0.1) is 5.56 Å². The monoisotopic (exact) mass is 318 g/mol. The predicted molar refractivity (Wildman–Crippen MR) is 78.0 cm³/mol. The van der Waals surface area contributed by atoms with E-state index in [0.717, 1.165) is 45.0 Å². The molecule has 124 valence electrons. The fraction of sp³-hybridized carbons (Fsp3) is 0.625. The highest BCUT2D eigenvalue weighted by molar-refractivity contribution is 5.30. The Bertz CT molecular complexity index is 482. The molecular weight excluding hydrogens is 296 g/mol. The molecule has 0 aromatic heterocycles. The summed E-state index contributed by atoms with van der Waals surface area (Å²) in [5, 5.41) is 3.25. The summed E-state index contributed by atoms with van der Waals surface area (Å²) in [5.74, 6) is -0.848. The Hall–Kier alpha value is -1.14. The Labute approximate surface area is 128 Å². The topological polar surface area (TPSA) is 15.3 Å². The molecule has 1 aliphatic heterocycles. The number of hydrogen-bond acceptors (Lipinski definition) is 2. The van der Waals surface area contributed by atoms with Gasteiger partial charge in [0.25, 0.3) is 0 Å². The summed E-state index contributed by atoms with van der Waals surface area (Å²) in [6.07, 6.45) is -1.65. The van der Waals surface area contributed by atoms with Crippen LogP contribution in [0, 0.1) is 5.82 Å². The van der Waals surface area contributed by atoms with Crippen LogP contribution in [0.3, 0.4) is 0 Å². The first-order valence-electron chi connectivity index (χ1n) is 7.72. The van der Waals surface area contributed by atoms with Crippen molar-refractivity contribution in [1.82, 2.24) is 10.2 Å². The largest absolute Gasteiger partial charge is 0.416 e. The van der Waals surface area contributed by atoms with Crippen molar-refractivity contribution in [3.63, 3.8) is 0 Å². The Kier molecular flexibility index (Phi) is 5.81. The van der Waals surface area contributed by atoms with Crippen molar-refractivity contribution in [3.8, 4) is 0 Å². The van der Waals surface area contributed by atoms with E-state index in [2.05, 4.69) is 17.1 Å². The standard InChI is InChI=1S/C16H22F4N2/c1-2-3-8-22(14-6-7-21-10-14)11-12-4-5-13(17)9-15(12)16(18,19)20/h4-5,9,14,21H,2-3,6-8,10-11H2,1H3. The Morgan fingerprint density at radius 2 is 2.09 bits per heavy atom. The van der Waals surface area contributed by atoms with Crippen molar-refractivity contribution in [2.24, 2.45) is 0 Å². The molecule has 1 N–H and O–H groups in total. The first-order valence-corrected chi connectivity index (χ1v) is 7.72. The highest BCUT2D eigenvalue weighted by atomic mass is 19.4. The summed E-state index contributed by atoms with van der Waals surface area (Å²) in [5.41, 5.74) is -0.711. The maximum atomic E-state index is 13.2. The van der Waals surface area contributed by atoms with E-state index in [1.807, 2.05) is 0 Å². The van der Waals surface area contributed by atoms with Gasteiger partial charge in [-0.05, 0) is 43.6 Å². The Morgan fingerprint density at radius 3 is 2.68 bits per heavy atom. The molecule has 1 aliphatic rings. The van der Waals surface area contributed by atoms with Crippen LogP contribution in [-0.2, 0) is 12.7 Å². The number of rotatable bonds is 6. The van der Waals surface area contributed by atoms with E-state index in [0.29, 0.717) is 6.07 Å². The Morgan fingerprint density at radius 1 is 1.32 bits per heavy atom. The minimum atomic E-state index is -4.53. The number of benzene rings is 1. The molecule has 1 atom stereocenters. The minimum Gasteiger partial charge on any atom is -0.315 e. The summed E-state index contributed by atoms with van der Waals surface area (Å²) >= 11 is 0. The molecule has 0 aliphatic carbocycles. The van der Waals surface area contributed by atoms with E-state index in [-0.39, 0.29) is 18.2 Å². The summed E-state index contributed by atoms with van der Waals surface area (Å²) in [6.45, 7) is 4.72. The molecule has 0 saturated carbocycles. The van der Waals surface area contributed by atoms with Crippen molar-refractivity contribution < 1.29 is 17.6 Å². The molecule has 1 heterocycles. The van der Waals surface area contributed by atoms with E-state index in [1.165, 1.54) is 6.07 Å². The van der Waals surface area contributed by atoms with Crippen LogP contribution in [0.15, 0.2) is 18.2 Å². The summed E-state index contributed by atoms with van der Waals surface area (Å²) < 4.78 is 52.5. The fourth-order valence-corrected chi connectivity index (χ4v) is 2.87. The maximum absolute atomic E-state index is 13.2. The molecule has 1 aromatic carbocycles. The van der Waals surface area contributed by atoms with Crippen LogP contribution in [0.2, 0.25) is 0 Å². The van der Waals surface area contributed by atoms with Gasteiger partial charge in [0.15, 0.2) is 0 Å². The molecule has 2 nitrogen and oxygen atoms in total. The highest BCUT2D eigenvalue weighted by Crippen LogP contribution is 2.33. The van der Waals surface area contributed by atoms with Gasteiger partial charge >= 0.3 is 6.18 Å². The zero-order valence-corrected chi connectivity index (χ0v) is 12.7. The van der Waals surface area contributed by atoms with Gasteiger partial charge in [-0.15, -0.1) is 0 Å². The lowest BCUT2D eigenvalue weighted by Gasteiger charge is -2.29. The van der Waals surface area contributed by atoms with E-state index < -0.39 is 17.6 Å². The molecule has 1 unspecified atom stereocenters. The number of nitrogens with zero attached hydrogens (tertiary/aromatic N) is 1. The van der Waals surface area contributed by atoms with Crippen LogP contribution in [0.5, 0.6) is 0 Å². The fourth-order valence-electron chi connectivity index (χ4n) is 2.87. The molecule has 6 heteroatoms. The lowest BCUT2D eigenvalue weighted by molar-refractivity contribution is -0.138. The van der Waals surface area contributed by atoms with Crippen LogP contribution in [-0.4, -0.2) is 30.6 Å². The molecule has 2 rings (SSSR count). The second-order valence-electron chi connectivity index (χ2n) is 5.77. The van der Waals surface area contributed by atoms with Gasteiger partial charge in [0, 0.05) is 19.1 Å². The van der Waals surface area contributed by atoms with E-state index in [1.54, 1.807) is 0 Å². The summed E-state index contributed by atoms with van der Waals surface area (Å²) in [6, 6.07) is 3.22. The molecule has 0 bridgehead atoms. The van der Waals surface area contributed by atoms with Crippen LogP contribution >= 0.6 is 0 Å². The van der Waals surface area contributed by atoms with E-state index in [9.17, 15) is 17.6 Å². The zero-order chi connectivity index (χ0) is 16.2. The van der Waals surface area contributed by atoms with Gasteiger partial charge in [-0.3, -0.25) is 4.90 Å². The van der Waals surface area contributed by atoms with Crippen LogP contribution in [0.1, 0.15) is 37.3 Å². The lowest BCUT2D eigenvalue weighted by atomic mass is 10.0. The van der Waals surface area contributed by atoms with Crippen molar-refractivity contribution in [3.05, 3.63) is 35.1 Å². The second kappa shape index (κ2) is 7.42. The molecule has 1 fully saturated rings. The molecule has 22 heavy (non-hydrogen) atoms. The number of halogens is 4. The second-order valence-corrected chi connectivity index (χ2v) is 5.77. The van der Waals surface area contributed by atoms with Crippen LogP contribution < -0.4 is 5.32 Å². The number of hydrogen-bond donors (Lipinski definition) is 1. The third kappa shape index (κ3) is 4.43. The highest BCUT2D eigenvalue weighted by Gasteiger charge is 2.34. The van der Waals surface area contributed by atoms with Gasteiger partial charge in [-0.25, -0.2) is 4.39 Å². The first kappa shape index (κ1) is 17.2. The molecule has 0 amide bonds. The maximum Gasteiger partial charge on any atom is 0.416 e. The number of nitrogens with one attached hydrogen (secondary N) is 1. The Balaban J connectivity index is 2.21. The quantitative estimate of drug-likeness (QED) is 0.803. The van der Waals surface area contributed by atoms with Gasteiger partial charge in [0.2, 0.25) is 0 Å². The van der Waals surface area contributed by atoms with Gasteiger partial charge in [-0.2, -0.15) is 13.2 Å². The van der Waals surface area contributed by atoms with Crippen LogP contribution in [0.25, 0.3) is 0 Å². The molecule has 1 aromatic rings. The van der Waals surface area contributed by atoms with Gasteiger partial charge < -0.3 is 5.32 Å². The van der Waals surface area contributed by atoms with Crippen molar-refractivity contribution in [2.75, 3.05) is 19.6 Å². The first-order chi connectivity index (χ1) is 10.4. The smallest absolute Gasteiger partial charge is 0.315 e. The average Bonchev–Trinajstić information content (AvgIpc) is 2.98. The number of unbranched alkanes of at least 4 members (excludes halogenated alkanes) is 1. The average molecular weight is 318 g/mol. The third-order valence-electron chi connectivity index (χ3n) is 4.10. The van der Waals surface area contributed by atoms with Gasteiger partial charge in [0.1, 0.15) is 5.82 Å². The number of alkyl halides is 3. The van der Waals surface area contributed by atoms with Gasteiger partial charge in [-0.1, -0.05) is 19.4 Å².